The number of nitrogens with zero attached hydrogens (tertiary/aromatic N) is 5. The van der Waals surface area contributed by atoms with Crippen LogP contribution in [0.3, 0.4) is 0 Å². The Kier molecular flexibility index (Phi) is 8.53. The molecule has 2 N–H and O–H groups in total. The molecular weight excluding hydrogens is 521 g/mol. The second kappa shape index (κ2) is 12.6. The molecule has 0 spiro atoms. The van der Waals surface area contributed by atoms with E-state index in [-0.39, 0.29) is 0 Å². The van der Waals surface area contributed by atoms with Gasteiger partial charge >= 0.3 is 0 Å². The molecule has 0 radical (unpaired) electrons. The summed E-state index contributed by atoms with van der Waals surface area (Å²) >= 11 is 12.2. The first-order chi connectivity index (χ1) is 18.6. The number of aromatic nitrogens is 3. The van der Waals surface area contributed by atoms with Crippen molar-refractivity contribution in [2.75, 3.05) is 28.7 Å². The van der Waals surface area contributed by atoms with Gasteiger partial charge in [-0.2, -0.15) is 20.1 Å². The van der Waals surface area contributed by atoms with Gasteiger partial charge in [-0.05, 0) is 73.4 Å². The van der Waals surface area contributed by atoms with Crippen molar-refractivity contribution in [1.82, 2.24) is 15.0 Å². The van der Waals surface area contributed by atoms with Gasteiger partial charge in [0, 0.05) is 34.4 Å². The molecule has 1 aliphatic heterocycles. The number of rotatable bonds is 9. The minimum atomic E-state index is 0.350. The lowest BCUT2D eigenvalue weighted by molar-refractivity contribution is 0.306. The summed E-state index contributed by atoms with van der Waals surface area (Å²) in [6.07, 6.45) is 5.18. The van der Waals surface area contributed by atoms with Crippen LogP contribution in [0.5, 0.6) is 5.75 Å². The molecule has 0 unspecified atom stereocenters. The van der Waals surface area contributed by atoms with Crippen molar-refractivity contribution in [1.29, 1.82) is 0 Å². The summed E-state index contributed by atoms with van der Waals surface area (Å²) in [5.74, 6) is 2.20. The number of para-hydroxylation sites is 1. The Balaban J connectivity index is 1.24. The average molecular weight is 548 g/mol. The van der Waals surface area contributed by atoms with Crippen LogP contribution < -0.4 is 20.4 Å². The van der Waals surface area contributed by atoms with Crippen molar-refractivity contribution < 1.29 is 4.74 Å². The van der Waals surface area contributed by atoms with Gasteiger partial charge in [0.1, 0.15) is 12.4 Å². The van der Waals surface area contributed by atoms with Gasteiger partial charge in [-0.15, -0.1) is 0 Å². The van der Waals surface area contributed by atoms with Crippen LogP contribution in [-0.4, -0.2) is 34.3 Å². The van der Waals surface area contributed by atoms with E-state index < -0.39 is 0 Å². The minimum absolute atomic E-state index is 0.350. The number of hydrogen-bond acceptors (Lipinski definition) is 8. The van der Waals surface area contributed by atoms with E-state index in [0.29, 0.717) is 34.5 Å². The number of piperidine rings is 1. The van der Waals surface area contributed by atoms with Crippen molar-refractivity contribution in [2.45, 2.75) is 25.9 Å². The molecule has 8 nitrogen and oxygen atoms in total. The zero-order chi connectivity index (χ0) is 26.2. The largest absolute Gasteiger partial charge is 0.489 e. The smallest absolute Gasteiger partial charge is 0.250 e. The van der Waals surface area contributed by atoms with E-state index in [1.807, 2.05) is 60.7 Å². The fourth-order valence-corrected chi connectivity index (χ4v) is 4.43. The second-order valence-electron chi connectivity index (χ2n) is 8.78. The summed E-state index contributed by atoms with van der Waals surface area (Å²) in [7, 11) is 0. The van der Waals surface area contributed by atoms with Gasteiger partial charge in [0.25, 0.3) is 0 Å². The molecule has 194 valence electrons. The fraction of sp³-hybridized carbons (Fsp3) is 0.214. The van der Waals surface area contributed by atoms with E-state index >= 15 is 0 Å². The van der Waals surface area contributed by atoms with E-state index in [1.165, 1.54) is 6.42 Å². The maximum absolute atomic E-state index is 6.22. The van der Waals surface area contributed by atoms with Crippen LogP contribution in [0, 0.1) is 0 Å². The van der Waals surface area contributed by atoms with Crippen LogP contribution in [0.15, 0.2) is 77.9 Å². The van der Waals surface area contributed by atoms with Gasteiger partial charge in [-0.1, -0.05) is 47.5 Å². The lowest BCUT2D eigenvalue weighted by Gasteiger charge is -2.26. The molecule has 38 heavy (non-hydrogen) atoms. The van der Waals surface area contributed by atoms with Crippen molar-refractivity contribution in [2.24, 2.45) is 5.10 Å². The number of hydrogen-bond donors (Lipinski definition) is 2. The minimum Gasteiger partial charge on any atom is -0.489 e. The number of ether oxygens (including phenoxy) is 1. The third-order valence-electron chi connectivity index (χ3n) is 5.96. The molecule has 0 aliphatic carbocycles. The molecule has 4 aromatic rings. The van der Waals surface area contributed by atoms with Gasteiger partial charge in [0.05, 0.1) is 6.21 Å². The molecular formula is C28H27Cl2N7O. The molecule has 5 rings (SSSR count). The highest BCUT2D eigenvalue weighted by Crippen LogP contribution is 2.23. The summed E-state index contributed by atoms with van der Waals surface area (Å²) in [4.78, 5) is 16.0. The molecule has 1 saturated heterocycles. The molecule has 0 bridgehead atoms. The molecule has 0 saturated carbocycles. The third kappa shape index (κ3) is 7.12. The van der Waals surface area contributed by atoms with Crippen LogP contribution >= 0.6 is 23.2 Å². The van der Waals surface area contributed by atoms with Crippen molar-refractivity contribution in [3.63, 3.8) is 0 Å². The van der Waals surface area contributed by atoms with E-state index in [0.717, 1.165) is 48.5 Å². The SMILES string of the molecule is Clc1ccc(COc2ccc(/C=N/Nc3nc(Nc4ccccc4)nc(N4CCCCC4)n3)cc2)c(Cl)c1. The summed E-state index contributed by atoms with van der Waals surface area (Å²) in [5, 5.41) is 8.78. The lowest BCUT2D eigenvalue weighted by atomic mass is 10.1. The van der Waals surface area contributed by atoms with Crippen molar-refractivity contribution >= 4 is 52.9 Å². The van der Waals surface area contributed by atoms with Gasteiger partial charge in [-0.25, -0.2) is 5.43 Å². The number of halogens is 2. The highest BCUT2D eigenvalue weighted by Gasteiger charge is 2.16. The molecule has 3 aromatic carbocycles. The Hall–Kier alpha value is -3.88. The summed E-state index contributed by atoms with van der Waals surface area (Å²) in [6.45, 7) is 2.20. The van der Waals surface area contributed by atoms with Crippen molar-refractivity contribution in [3.05, 3.63) is 94.0 Å². The van der Waals surface area contributed by atoms with Crippen LogP contribution in [0.25, 0.3) is 0 Å². The first-order valence-corrected chi connectivity index (χ1v) is 13.2. The first kappa shape index (κ1) is 25.8. The Morgan fingerprint density at radius 1 is 0.868 bits per heavy atom. The third-order valence-corrected chi connectivity index (χ3v) is 6.55. The van der Waals surface area contributed by atoms with Crippen molar-refractivity contribution in [3.8, 4) is 5.75 Å². The lowest BCUT2D eigenvalue weighted by Crippen LogP contribution is -2.31. The Bertz CT molecular complexity index is 1380. The van der Waals surface area contributed by atoms with Gasteiger partial charge in [0.2, 0.25) is 17.8 Å². The van der Waals surface area contributed by atoms with Crippen LogP contribution in [0.4, 0.5) is 23.5 Å². The van der Waals surface area contributed by atoms with Crippen LogP contribution in [0.2, 0.25) is 10.0 Å². The van der Waals surface area contributed by atoms with Gasteiger partial charge in [-0.3, -0.25) is 0 Å². The quantitative estimate of drug-likeness (QED) is 0.173. The zero-order valence-electron chi connectivity index (χ0n) is 20.6. The molecule has 1 fully saturated rings. The molecule has 0 atom stereocenters. The zero-order valence-corrected chi connectivity index (χ0v) is 22.2. The highest BCUT2D eigenvalue weighted by molar-refractivity contribution is 6.35. The highest BCUT2D eigenvalue weighted by atomic mass is 35.5. The topological polar surface area (TPSA) is 87.6 Å². The Morgan fingerprint density at radius 2 is 1.63 bits per heavy atom. The summed E-state index contributed by atoms with van der Waals surface area (Å²) in [5.41, 5.74) is 5.62. The monoisotopic (exact) mass is 547 g/mol. The first-order valence-electron chi connectivity index (χ1n) is 12.4. The standard InChI is InChI=1S/C28H27Cl2N7O/c29-22-12-11-21(25(30)17-22)19-38-24-13-9-20(10-14-24)18-31-36-27-33-26(32-23-7-3-1-4-8-23)34-28(35-27)37-15-5-2-6-16-37/h1,3-4,7-14,17-18H,2,5-6,15-16,19H2,(H2,32,33,34,35,36)/b31-18+. The molecule has 2 heterocycles. The van der Waals surface area contributed by atoms with E-state index in [2.05, 4.69) is 35.7 Å². The maximum Gasteiger partial charge on any atom is 0.250 e. The second-order valence-corrected chi connectivity index (χ2v) is 9.63. The van der Waals surface area contributed by atoms with Crippen LogP contribution in [-0.2, 0) is 6.61 Å². The normalized spacial score (nSPS) is 13.5. The summed E-state index contributed by atoms with van der Waals surface area (Å²) < 4.78 is 5.85. The maximum atomic E-state index is 6.22. The van der Waals surface area contributed by atoms with E-state index in [1.54, 1.807) is 18.3 Å². The number of nitrogens with one attached hydrogen (secondary N) is 2. The Morgan fingerprint density at radius 3 is 2.39 bits per heavy atom. The number of anilines is 4. The predicted molar refractivity (Wildman–Crippen MR) is 154 cm³/mol. The predicted octanol–water partition coefficient (Wildman–Crippen LogP) is 6.94. The summed E-state index contributed by atoms with van der Waals surface area (Å²) in [6, 6.07) is 22.8. The fourth-order valence-electron chi connectivity index (χ4n) is 3.97. The number of hydrazone groups is 1. The molecule has 1 aliphatic rings. The Labute approximate surface area is 231 Å². The number of benzene rings is 3. The van der Waals surface area contributed by atoms with Crippen LogP contribution in [0.1, 0.15) is 30.4 Å². The van der Waals surface area contributed by atoms with E-state index in [4.69, 9.17) is 27.9 Å². The average Bonchev–Trinajstić information content (AvgIpc) is 2.94. The molecule has 0 amide bonds. The molecule has 10 heteroatoms. The molecule has 1 aromatic heterocycles. The van der Waals surface area contributed by atoms with Gasteiger partial charge in [0.15, 0.2) is 0 Å². The van der Waals surface area contributed by atoms with Gasteiger partial charge < -0.3 is 15.0 Å². The van der Waals surface area contributed by atoms with E-state index in [9.17, 15) is 0 Å².